The first-order chi connectivity index (χ1) is 21.3. The molecule has 45 heavy (non-hydrogen) atoms. The summed E-state index contributed by atoms with van der Waals surface area (Å²) in [4.78, 5) is 44.6. The van der Waals surface area contributed by atoms with E-state index < -0.39 is 5.60 Å². The molecule has 0 saturated carbocycles. The Hall–Kier alpha value is -4.36. The Morgan fingerprint density at radius 2 is 1.78 bits per heavy atom. The summed E-state index contributed by atoms with van der Waals surface area (Å²) >= 11 is 0. The zero-order valence-electron chi connectivity index (χ0n) is 26.8. The smallest absolute Gasteiger partial charge is 0.307 e. The van der Waals surface area contributed by atoms with Gasteiger partial charge in [-0.1, -0.05) is 17.3 Å². The molecule has 0 bridgehead atoms. The van der Waals surface area contributed by atoms with Crippen LogP contribution in [0, 0.1) is 19.7 Å². The molecule has 0 saturated heterocycles. The normalized spacial score (nSPS) is 13.0. The highest BCUT2D eigenvalue weighted by Gasteiger charge is 2.28. The van der Waals surface area contributed by atoms with Gasteiger partial charge in [0.05, 0.1) is 19.5 Å². The summed E-state index contributed by atoms with van der Waals surface area (Å²) in [6, 6.07) is 10.2. The number of hydrazine groups is 1. The number of benzene rings is 2. The predicted octanol–water partition coefficient (Wildman–Crippen LogP) is 3.13. The third-order valence-electron chi connectivity index (χ3n) is 7.19. The highest BCUT2D eigenvalue weighted by atomic mass is 19.1. The van der Waals surface area contributed by atoms with Gasteiger partial charge in [0.1, 0.15) is 11.4 Å². The van der Waals surface area contributed by atoms with Gasteiger partial charge in [-0.3, -0.25) is 19.4 Å². The van der Waals surface area contributed by atoms with Crippen LogP contribution in [-0.4, -0.2) is 83.3 Å². The summed E-state index contributed by atoms with van der Waals surface area (Å²) < 4.78 is 24.4. The third-order valence-corrected chi connectivity index (χ3v) is 7.19. The number of ether oxygens (including phenoxy) is 1. The van der Waals surface area contributed by atoms with Crippen molar-refractivity contribution < 1.29 is 28.0 Å². The number of nitrogens with zero attached hydrogens (tertiary/aromatic N) is 5. The lowest BCUT2D eigenvalue weighted by atomic mass is 10.1. The summed E-state index contributed by atoms with van der Waals surface area (Å²) in [5.74, 6) is -0.290. The van der Waals surface area contributed by atoms with Gasteiger partial charge in [-0.2, -0.15) is 4.98 Å². The number of likely N-dealkylation sites (N-methyl/N-ethyl adjacent to an activating group) is 1. The van der Waals surface area contributed by atoms with Crippen LogP contribution in [0.2, 0.25) is 0 Å². The minimum atomic E-state index is -0.534. The summed E-state index contributed by atoms with van der Waals surface area (Å²) in [7, 11) is 1.68. The number of amides is 2. The zero-order valence-corrected chi connectivity index (χ0v) is 26.8. The van der Waals surface area contributed by atoms with E-state index in [0.717, 1.165) is 16.7 Å². The highest BCUT2D eigenvalue weighted by Crippen LogP contribution is 2.28. The zero-order chi connectivity index (χ0) is 32.7. The number of nitrogens with one attached hydrogen (secondary N) is 2. The fraction of sp³-hybridized carbons (Fsp3) is 0.469. The average Bonchev–Trinajstić information content (AvgIpc) is 3.59. The fourth-order valence-electron chi connectivity index (χ4n) is 4.93. The molecule has 2 N–H and O–H groups in total. The van der Waals surface area contributed by atoms with Crippen molar-refractivity contribution in [1.82, 2.24) is 30.8 Å². The predicted molar refractivity (Wildman–Crippen MR) is 166 cm³/mol. The second kappa shape index (κ2) is 14.6. The number of hydrogen-bond acceptors (Lipinski definition) is 10. The molecule has 0 radical (unpaired) electrons. The molecule has 0 unspecified atom stereocenters. The molecule has 2 amide bonds. The Kier molecular flexibility index (Phi) is 10.9. The minimum absolute atomic E-state index is 0.0872. The number of aromatic nitrogens is 2. The van der Waals surface area contributed by atoms with Gasteiger partial charge in [0.25, 0.3) is 11.8 Å². The number of carbonyl (C=O) groups excluding carboxylic acids is 3. The molecule has 1 aromatic heterocycles. The van der Waals surface area contributed by atoms with Crippen LogP contribution in [0.3, 0.4) is 0 Å². The van der Waals surface area contributed by atoms with Crippen molar-refractivity contribution in [3.63, 3.8) is 0 Å². The maximum atomic E-state index is 13.8. The number of anilines is 1. The van der Waals surface area contributed by atoms with Crippen molar-refractivity contribution in [3.8, 4) is 11.5 Å². The molecule has 242 valence electrons. The topological polar surface area (TPSA) is 133 Å². The van der Waals surface area contributed by atoms with E-state index in [1.54, 1.807) is 24.9 Å². The number of aryl methyl sites for hydroxylation is 2. The molecular formula is C32H42FN7O5. The molecule has 1 aliphatic heterocycles. The van der Waals surface area contributed by atoms with Crippen LogP contribution >= 0.6 is 0 Å². The van der Waals surface area contributed by atoms with E-state index in [-0.39, 0.29) is 43.1 Å². The maximum Gasteiger partial charge on any atom is 0.307 e. The Balaban J connectivity index is 1.41. The van der Waals surface area contributed by atoms with Gasteiger partial charge in [-0.05, 0) is 75.6 Å². The molecule has 12 nitrogen and oxygen atoms in total. The Bertz CT molecular complexity index is 1520. The van der Waals surface area contributed by atoms with Crippen LogP contribution in [-0.2, 0) is 32.2 Å². The Labute approximate surface area is 262 Å². The van der Waals surface area contributed by atoms with Gasteiger partial charge >= 0.3 is 5.97 Å². The first-order valence-electron chi connectivity index (χ1n) is 14.9. The van der Waals surface area contributed by atoms with Crippen LogP contribution in [0.1, 0.15) is 49.7 Å². The number of rotatable bonds is 13. The van der Waals surface area contributed by atoms with E-state index in [0.29, 0.717) is 55.7 Å². The van der Waals surface area contributed by atoms with Gasteiger partial charge in [0, 0.05) is 51.0 Å². The first kappa shape index (κ1) is 33.5. The van der Waals surface area contributed by atoms with E-state index >= 15 is 0 Å². The van der Waals surface area contributed by atoms with Crippen LogP contribution in [0.5, 0.6) is 0 Å². The summed E-state index contributed by atoms with van der Waals surface area (Å²) in [6.45, 7) is 11.0. The second-order valence-electron chi connectivity index (χ2n) is 12.1. The van der Waals surface area contributed by atoms with Gasteiger partial charge in [0.2, 0.25) is 5.91 Å². The Morgan fingerprint density at radius 1 is 1.02 bits per heavy atom. The fourth-order valence-corrected chi connectivity index (χ4v) is 4.93. The SMILES string of the molecule is Cc1noc(-c2ccc(C)c(N(CC(=O)NCCNCCC(=O)OC(C)(C)C)CC(=O)N(C)N3Cc4ccc(F)cc4C3)c2)n1. The summed E-state index contributed by atoms with van der Waals surface area (Å²) in [5.41, 5.74) is 3.45. The van der Waals surface area contributed by atoms with Crippen molar-refractivity contribution in [2.75, 3.05) is 44.7 Å². The van der Waals surface area contributed by atoms with Crippen molar-refractivity contribution >= 4 is 23.5 Å². The van der Waals surface area contributed by atoms with E-state index in [1.165, 1.54) is 17.1 Å². The molecule has 4 rings (SSSR count). The third kappa shape index (κ3) is 9.56. The Morgan fingerprint density at radius 3 is 2.49 bits per heavy atom. The number of hydrogen-bond donors (Lipinski definition) is 2. The molecule has 0 fully saturated rings. The van der Waals surface area contributed by atoms with Crippen LogP contribution in [0.4, 0.5) is 10.1 Å². The van der Waals surface area contributed by atoms with Crippen molar-refractivity contribution in [1.29, 1.82) is 0 Å². The standard InChI is InChI=1S/C32H42FN7O5/c1-21-7-8-23(31-36-22(2)37-45-31)16-27(21)39(19-28(41)35-14-13-34-12-11-30(43)44-32(3,4)5)20-29(42)38(6)40-17-24-9-10-26(33)15-25(24)18-40/h7-10,15-16,34H,11-14,17-20H2,1-6H3,(H,35,41). The monoisotopic (exact) mass is 623 g/mol. The molecule has 3 aromatic rings. The second-order valence-corrected chi connectivity index (χ2v) is 12.1. The summed E-state index contributed by atoms with van der Waals surface area (Å²) in [6.07, 6.45) is 0.223. The van der Waals surface area contributed by atoms with E-state index in [4.69, 9.17) is 9.26 Å². The van der Waals surface area contributed by atoms with Crippen LogP contribution < -0.4 is 15.5 Å². The lowest BCUT2D eigenvalue weighted by Gasteiger charge is -2.32. The quantitative estimate of drug-likeness (QED) is 0.216. The molecular weight excluding hydrogens is 581 g/mol. The van der Waals surface area contributed by atoms with Gasteiger partial charge in [-0.25, -0.2) is 9.40 Å². The van der Waals surface area contributed by atoms with Gasteiger partial charge < -0.3 is 24.8 Å². The average molecular weight is 624 g/mol. The van der Waals surface area contributed by atoms with Crippen molar-refractivity contribution in [2.24, 2.45) is 0 Å². The number of halogens is 1. The van der Waals surface area contributed by atoms with Crippen LogP contribution in [0.15, 0.2) is 40.9 Å². The number of fused-ring (bicyclic) bond motifs is 1. The maximum absolute atomic E-state index is 13.8. The molecule has 0 spiro atoms. The minimum Gasteiger partial charge on any atom is -0.460 e. The molecule has 1 aliphatic rings. The molecule has 13 heteroatoms. The van der Waals surface area contributed by atoms with E-state index in [2.05, 4.69) is 20.8 Å². The summed E-state index contributed by atoms with van der Waals surface area (Å²) in [5, 5.41) is 13.3. The van der Waals surface area contributed by atoms with Gasteiger partial charge in [0.15, 0.2) is 5.82 Å². The van der Waals surface area contributed by atoms with Gasteiger partial charge in [-0.15, -0.1) is 0 Å². The van der Waals surface area contributed by atoms with Crippen LogP contribution in [0.25, 0.3) is 11.5 Å². The molecule has 2 heterocycles. The first-order valence-corrected chi connectivity index (χ1v) is 14.9. The van der Waals surface area contributed by atoms with E-state index in [1.807, 2.05) is 50.9 Å². The molecule has 0 atom stereocenters. The molecule has 2 aromatic carbocycles. The number of carbonyl (C=O) groups is 3. The van der Waals surface area contributed by atoms with E-state index in [9.17, 15) is 18.8 Å². The highest BCUT2D eigenvalue weighted by molar-refractivity contribution is 5.87. The van der Waals surface area contributed by atoms with Crippen molar-refractivity contribution in [2.45, 2.75) is 59.7 Å². The largest absolute Gasteiger partial charge is 0.460 e. The van der Waals surface area contributed by atoms with Crippen molar-refractivity contribution in [3.05, 3.63) is 64.7 Å². The lowest BCUT2D eigenvalue weighted by molar-refractivity contribution is -0.154. The number of esters is 1. The molecule has 0 aliphatic carbocycles. The lowest BCUT2D eigenvalue weighted by Crippen LogP contribution is -2.48.